The van der Waals surface area contributed by atoms with Crippen LogP contribution in [0.25, 0.3) is 0 Å². The van der Waals surface area contributed by atoms with Gasteiger partial charge in [-0.3, -0.25) is 5.32 Å². The number of fused-ring (bicyclic) bond motifs is 1. The van der Waals surface area contributed by atoms with Crippen molar-refractivity contribution in [1.82, 2.24) is 0 Å². The van der Waals surface area contributed by atoms with Crippen LogP contribution < -0.4 is 10.1 Å². The zero-order valence-corrected chi connectivity index (χ0v) is 12.0. The lowest BCUT2D eigenvalue weighted by Crippen LogP contribution is -2.27. The van der Waals surface area contributed by atoms with Gasteiger partial charge >= 0.3 is 6.09 Å². The fraction of sp³-hybridized carbons (Fsp3) is 0.533. The van der Waals surface area contributed by atoms with E-state index >= 15 is 0 Å². The Bertz CT molecular complexity index is 489. The second-order valence-electron chi connectivity index (χ2n) is 5.81. The van der Waals surface area contributed by atoms with Gasteiger partial charge < -0.3 is 9.47 Å². The summed E-state index contributed by atoms with van der Waals surface area (Å²) in [6.07, 6.45) is 1.64. The summed E-state index contributed by atoms with van der Waals surface area (Å²) < 4.78 is 10.9. The maximum atomic E-state index is 11.8. The SMILES string of the molecule is Cc1c(NC(=O)OC(C)(C)C)ccc2c1OCCC2. The summed E-state index contributed by atoms with van der Waals surface area (Å²) in [6, 6.07) is 3.92. The molecule has 1 aliphatic rings. The maximum Gasteiger partial charge on any atom is 0.412 e. The highest BCUT2D eigenvalue weighted by atomic mass is 16.6. The molecule has 0 atom stereocenters. The van der Waals surface area contributed by atoms with Gasteiger partial charge in [0.2, 0.25) is 0 Å². The van der Waals surface area contributed by atoms with E-state index in [4.69, 9.17) is 9.47 Å². The van der Waals surface area contributed by atoms with Crippen LogP contribution in [0.1, 0.15) is 38.3 Å². The van der Waals surface area contributed by atoms with Crippen LogP contribution in [-0.4, -0.2) is 18.3 Å². The summed E-state index contributed by atoms with van der Waals surface area (Å²) in [4.78, 5) is 11.8. The molecular formula is C15H21NO3. The molecule has 0 spiro atoms. The van der Waals surface area contributed by atoms with E-state index in [1.165, 1.54) is 5.56 Å². The smallest absolute Gasteiger partial charge is 0.412 e. The van der Waals surface area contributed by atoms with Crippen LogP contribution in [-0.2, 0) is 11.2 Å². The Kier molecular flexibility index (Phi) is 3.69. The molecular weight excluding hydrogens is 242 g/mol. The van der Waals surface area contributed by atoms with E-state index < -0.39 is 11.7 Å². The third-order valence-corrected chi connectivity index (χ3v) is 2.96. The first-order chi connectivity index (χ1) is 8.87. The number of hydrogen-bond donors (Lipinski definition) is 1. The fourth-order valence-electron chi connectivity index (χ4n) is 2.13. The predicted molar refractivity (Wildman–Crippen MR) is 74.9 cm³/mol. The molecule has 0 unspecified atom stereocenters. The summed E-state index contributed by atoms with van der Waals surface area (Å²) in [7, 11) is 0. The minimum Gasteiger partial charge on any atom is -0.493 e. The highest BCUT2D eigenvalue weighted by molar-refractivity contribution is 5.86. The van der Waals surface area contributed by atoms with Crippen molar-refractivity contribution in [3.63, 3.8) is 0 Å². The standard InChI is InChI=1S/C15H21NO3/c1-10-12(16-14(17)19-15(2,3)4)8-7-11-6-5-9-18-13(10)11/h7-8H,5-6,9H2,1-4H3,(H,16,17). The number of carbonyl (C=O) groups is 1. The number of aryl methyl sites for hydroxylation is 1. The zero-order valence-electron chi connectivity index (χ0n) is 12.0. The first kappa shape index (κ1) is 13.7. The molecule has 19 heavy (non-hydrogen) atoms. The Morgan fingerprint density at radius 1 is 1.37 bits per heavy atom. The Labute approximate surface area is 114 Å². The Morgan fingerprint density at radius 2 is 2.11 bits per heavy atom. The number of hydrogen-bond acceptors (Lipinski definition) is 3. The number of benzene rings is 1. The van der Waals surface area contributed by atoms with Crippen LogP contribution in [0.5, 0.6) is 5.75 Å². The van der Waals surface area contributed by atoms with Gasteiger partial charge in [0.1, 0.15) is 11.4 Å². The van der Waals surface area contributed by atoms with Crippen molar-refractivity contribution in [3.8, 4) is 5.75 Å². The van der Waals surface area contributed by atoms with Crippen molar-refractivity contribution < 1.29 is 14.3 Å². The first-order valence-electron chi connectivity index (χ1n) is 6.62. The second-order valence-corrected chi connectivity index (χ2v) is 5.81. The van der Waals surface area contributed by atoms with Crippen LogP contribution in [0.3, 0.4) is 0 Å². The summed E-state index contributed by atoms with van der Waals surface area (Å²) in [5.41, 5.74) is 2.42. The number of anilines is 1. The maximum absolute atomic E-state index is 11.8. The molecule has 1 aliphatic heterocycles. The van der Waals surface area contributed by atoms with Crippen LogP contribution >= 0.6 is 0 Å². The van der Waals surface area contributed by atoms with E-state index in [9.17, 15) is 4.79 Å². The van der Waals surface area contributed by atoms with Gasteiger partial charge in [0, 0.05) is 5.56 Å². The van der Waals surface area contributed by atoms with E-state index in [2.05, 4.69) is 5.32 Å². The van der Waals surface area contributed by atoms with Gasteiger partial charge in [-0.05, 0) is 52.2 Å². The van der Waals surface area contributed by atoms with Crippen molar-refractivity contribution in [3.05, 3.63) is 23.3 Å². The summed E-state index contributed by atoms with van der Waals surface area (Å²) >= 11 is 0. The molecule has 104 valence electrons. The topological polar surface area (TPSA) is 47.6 Å². The molecule has 4 heteroatoms. The number of ether oxygens (including phenoxy) is 2. The van der Waals surface area contributed by atoms with Crippen molar-refractivity contribution >= 4 is 11.8 Å². The lowest BCUT2D eigenvalue weighted by Gasteiger charge is -2.23. The monoisotopic (exact) mass is 263 g/mol. The average molecular weight is 263 g/mol. The lowest BCUT2D eigenvalue weighted by atomic mass is 10.0. The van der Waals surface area contributed by atoms with Gasteiger partial charge in [0.05, 0.1) is 12.3 Å². The van der Waals surface area contributed by atoms with Crippen LogP contribution in [0, 0.1) is 6.92 Å². The van der Waals surface area contributed by atoms with E-state index in [1.807, 2.05) is 39.8 Å². The Morgan fingerprint density at radius 3 is 2.79 bits per heavy atom. The Balaban J connectivity index is 2.15. The van der Waals surface area contributed by atoms with Gasteiger partial charge in [-0.25, -0.2) is 4.79 Å². The molecule has 1 N–H and O–H groups in total. The molecule has 0 fully saturated rings. The summed E-state index contributed by atoms with van der Waals surface area (Å²) in [5.74, 6) is 0.903. The Hall–Kier alpha value is -1.71. The van der Waals surface area contributed by atoms with Crippen molar-refractivity contribution in [2.75, 3.05) is 11.9 Å². The zero-order chi connectivity index (χ0) is 14.0. The van der Waals surface area contributed by atoms with E-state index in [1.54, 1.807) is 0 Å². The highest BCUT2D eigenvalue weighted by Crippen LogP contribution is 2.33. The molecule has 1 aromatic rings. The molecule has 2 rings (SSSR count). The lowest BCUT2D eigenvalue weighted by molar-refractivity contribution is 0.0636. The largest absolute Gasteiger partial charge is 0.493 e. The normalized spacial score (nSPS) is 14.3. The van der Waals surface area contributed by atoms with Gasteiger partial charge in [-0.1, -0.05) is 6.07 Å². The molecule has 4 nitrogen and oxygen atoms in total. The quantitative estimate of drug-likeness (QED) is 0.841. The van der Waals surface area contributed by atoms with Crippen molar-refractivity contribution in [1.29, 1.82) is 0 Å². The van der Waals surface area contributed by atoms with E-state index in [0.717, 1.165) is 36.4 Å². The van der Waals surface area contributed by atoms with Gasteiger partial charge in [-0.15, -0.1) is 0 Å². The highest BCUT2D eigenvalue weighted by Gasteiger charge is 2.19. The van der Waals surface area contributed by atoms with Crippen molar-refractivity contribution in [2.24, 2.45) is 0 Å². The van der Waals surface area contributed by atoms with E-state index in [0.29, 0.717) is 0 Å². The molecule has 1 amide bonds. The third-order valence-electron chi connectivity index (χ3n) is 2.96. The number of nitrogens with one attached hydrogen (secondary N) is 1. The number of amides is 1. The average Bonchev–Trinajstić information content (AvgIpc) is 2.31. The van der Waals surface area contributed by atoms with Crippen LogP contribution in [0.2, 0.25) is 0 Å². The molecule has 0 aromatic heterocycles. The number of rotatable bonds is 1. The molecule has 0 radical (unpaired) electrons. The van der Waals surface area contributed by atoms with E-state index in [-0.39, 0.29) is 0 Å². The first-order valence-corrected chi connectivity index (χ1v) is 6.62. The molecule has 0 bridgehead atoms. The van der Waals surface area contributed by atoms with Crippen LogP contribution in [0.15, 0.2) is 12.1 Å². The molecule has 1 heterocycles. The van der Waals surface area contributed by atoms with Crippen molar-refractivity contribution in [2.45, 2.75) is 46.1 Å². The molecule has 1 aromatic carbocycles. The van der Waals surface area contributed by atoms with Crippen LogP contribution in [0.4, 0.5) is 10.5 Å². The second kappa shape index (κ2) is 5.11. The fourth-order valence-corrected chi connectivity index (χ4v) is 2.13. The molecule has 0 saturated heterocycles. The third kappa shape index (κ3) is 3.40. The predicted octanol–water partition coefficient (Wildman–Crippen LogP) is 3.67. The molecule has 0 saturated carbocycles. The summed E-state index contributed by atoms with van der Waals surface area (Å²) in [5, 5.41) is 2.78. The summed E-state index contributed by atoms with van der Waals surface area (Å²) in [6.45, 7) is 8.22. The minimum absolute atomic E-state index is 0.439. The molecule has 0 aliphatic carbocycles. The minimum atomic E-state index is -0.497. The van der Waals surface area contributed by atoms with Gasteiger partial charge in [0.25, 0.3) is 0 Å². The van der Waals surface area contributed by atoms with Gasteiger partial charge in [-0.2, -0.15) is 0 Å². The van der Waals surface area contributed by atoms with Gasteiger partial charge in [0.15, 0.2) is 0 Å². The number of carbonyl (C=O) groups excluding carboxylic acids is 1.